The molecule has 1 amide bonds. The van der Waals surface area contributed by atoms with Gasteiger partial charge in [0, 0.05) is 17.9 Å². The van der Waals surface area contributed by atoms with Crippen molar-refractivity contribution >= 4 is 11.6 Å². The summed E-state index contributed by atoms with van der Waals surface area (Å²) in [6.07, 6.45) is 0. The molecule has 0 bridgehead atoms. The fourth-order valence-corrected chi connectivity index (χ4v) is 2.40. The zero-order chi connectivity index (χ0) is 14.9. The summed E-state index contributed by atoms with van der Waals surface area (Å²) in [4.78, 5) is 12.5. The van der Waals surface area contributed by atoms with Crippen molar-refractivity contribution in [2.24, 2.45) is 0 Å². The molecule has 20 heavy (non-hydrogen) atoms. The molecule has 0 fully saturated rings. The predicted octanol–water partition coefficient (Wildman–Crippen LogP) is 3.39. The van der Waals surface area contributed by atoms with Crippen molar-refractivity contribution in [1.29, 1.82) is 0 Å². The highest BCUT2D eigenvalue weighted by molar-refractivity contribution is 6.06. The lowest BCUT2D eigenvalue weighted by Gasteiger charge is -2.10. The molecule has 0 radical (unpaired) electrons. The normalized spacial score (nSPS) is 10.7. The lowest BCUT2D eigenvalue weighted by Crippen LogP contribution is -2.15. The highest BCUT2D eigenvalue weighted by Crippen LogP contribution is 2.20. The summed E-state index contributed by atoms with van der Waals surface area (Å²) < 4.78 is 1.85. The number of nitrogens with zero attached hydrogens (tertiary/aromatic N) is 2. The van der Waals surface area contributed by atoms with Gasteiger partial charge in [-0.25, -0.2) is 0 Å². The molecule has 0 aliphatic heterocycles. The minimum atomic E-state index is -0.0894. The molecular formula is C16H21N3O. The fraction of sp³-hybridized carbons (Fsp3) is 0.375. The van der Waals surface area contributed by atoms with Gasteiger partial charge in [0.1, 0.15) is 0 Å². The SMILES string of the molecule is CCn1nc(C)c(C(=O)Nc2cccc(C)c2C)c1C. The lowest BCUT2D eigenvalue weighted by molar-refractivity contribution is 0.102. The van der Waals surface area contributed by atoms with Gasteiger partial charge in [-0.3, -0.25) is 9.48 Å². The largest absolute Gasteiger partial charge is 0.322 e. The van der Waals surface area contributed by atoms with E-state index in [0.717, 1.165) is 29.2 Å². The van der Waals surface area contributed by atoms with Crippen LogP contribution in [0.5, 0.6) is 0 Å². The molecule has 1 aromatic carbocycles. The quantitative estimate of drug-likeness (QED) is 0.930. The Morgan fingerprint density at radius 2 is 1.95 bits per heavy atom. The first-order valence-electron chi connectivity index (χ1n) is 6.87. The molecule has 0 saturated heterocycles. The van der Waals surface area contributed by atoms with E-state index in [1.54, 1.807) is 0 Å². The fourth-order valence-electron chi connectivity index (χ4n) is 2.40. The summed E-state index contributed by atoms with van der Waals surface area (Å²) in [5.74, 6) is -0.0894. The minimum Gasteiger partial charge on any atom is -0.322 e. The van der Waals surface area contributed by atoms with E-state index >= 15 is 0 Å². The van der Waals surface area contributed by atoms with Crippen molar-refractivity contribution in [3.05, 3.63) is 46.3 Å². The Hall–Kier alpha value is -2.10. The molecule has 106 valence electrons. The lowest BCUT2D eigenvalue weighted by atomic mass is 10.1. The summed E-state index contributed by atoms with van der Waals surface area (Å²) in [7, 11) is 0. The van der Waals surface area contributed by atoms with Crippen molar-refractivity contribution < 1.29 is 4.79 Å². The molecule has 0 aliphatic rings. The number of carbonyl (C=O) groups is 1. The van der Waals surface area contributed by atoms with Gasteiger partial charge in [-0.1, -0.05) is 12.1 Å². The Morgan fingerprint density at radius 3 is 2.55 bits per heavy atom. The van der Waals surface area contributed by atoms with Crippen LogP contribution in [-0.2, 0) is 6.54 Å². The molecule has 2 rings (SSSR count). The van der Waals surface area contributed by atoms with Gasteiger partial charge in [-0.15, -0.1) is 0 Å². The Kier molecular flexibility index (Phi) is 3.93. The van der Waals surface area contributed by atoms with Gasteiger partial charge in [-0.05, 0) is 51.8 Å². The number of hydrogen-bond donors (Lipinski definition) is 1. The van der Waals surface area contributed by atoms with Crippen LogP contribution in [0, 0.1) is 27.7 Å². The van der Waals surface area contributed by atoms with Crippen molar-refractivity contribution in [2.75, 3.05) is 5.32 Å². The monoisotopic (exact) mass is 271 g/mol. The van der Waals surface area contributed by atoms with E-state index in [9.17, 15) is 4.79 Å². The average molecular weight is 271 g/mol. The molecule has 4 heteroatoms. The maximum atomic E-state index is 12.5. The molecule has 0 atom stereocenters. The number of amides is 1. The summed E-state index contributed by atoms with van der Waals surface area (Å²) in [5.41, 5.74) is 5.48. The van der Waals surface area contributed by atoms with Gasteiger partial charge in [0.05, 0.1) is 11.3 Å². The first-order chi connectivity index (χ1) is 9.45. The van der Waals surface area contributed by atoms with Gasteiger partial charge in [0.15, 0.2) is 0 Å². The molecular weight excluding hydrogens is 250 g/mol. The third kappa shape index (κ3) is 2.46. The zero-order valence-corrected chi connectivity index (χ0v) is 12.7. The molecule has 1 N–H and O–H groups in total. The molecule has 0 spiro atoms. The minimum absolute atomic E-state index is 0.0894. The number of benzene rings is 1. The Balaban J connectivity index is 2.33. The van der Waals surface area contributed by atoms with Crippen LogP contribution in [0.25, 0.3) is 0 Å². The van der Waals surface area contributed by atoms with E-state index in [1.807, 2.05) is 57.5 Å². The molecule has 2 aromatic rings. The average Bonchev–Trinajstić information content (AvgIpc) is 2.69. The maximum Gasteiger partial charge on any atom is 0.259 e. The van der Waals surface area contributed by atoms with Crippen molar-refractivity contribution in [3.8, 4) is 0 Å². The van der Waals surface area contributed by atoms with Crippen molar-refractivity contribution in [2.45, 2.75) is 41.2 Å². The number of aromatic nitrogens is 2. The first kappa shape index (κ1) is 14.3. The van der Waals surface area contributed by atoms with Crippen LogP contribution in [0.1, 0.15) is 39.8 Å². The van der Waals surface area contributed by atoms with E-state index in [4.69, 9.17) is 0 Å². The predicted molar refractivity (Wildman–Crippen MR) is 81.2 cm³/mol. The van der Waals surface area contributed by atoms with Gasteiger partial charge < -0.3 is 5.32 Å². The van der Waals surface area contributed by atoms with Crippen LogP contribution in [0.3, 0.4) is 0 Å². The van der Waals surface area contributed by atoms with E-state index in [2.05, 4.69) is 10.4 Å². The van der Waals surface area contributed by atoms with E-state index in [1.165, 1.54) is 5.56 Å². The van der Waals surface area contributed by atoms with Crippen LogP contribution in [0.15, 0.2) is 18.2 Å². The standard InChI is InChI=1S/C16H21N3O/c1-6-19-13(5)15(12(4)18-19)16(20)17-14-9-7-8-10(2)11(14)3/h7-9H,6H2,1-5H3,(H,17,20). The summed E-state index contributed by atoms with van der Waals surface area (Å²) in [6, 6.07) is 5.92. The number of rotatable bonds is 3. The number of aryl methyl sites for hydroxylation is 3. The molecule has 0 saturated carbocycles. The van der Waals surface area contributed by atoms with Gasteiger partial charge in [0.2, 0.25) is 0 Å². The summed E-state index contributed by atoms with van der Waals surface area (Å²) in [5, 5.41) is 7.38. The topological polar surface area (TPSA) is 46.9 Å². The van der Waals surface area contributed by atoms with Crippen LogP contribution >= 0.6 is 0 Å². The molecule has 1 aromatic heterocycles. The molecule has 1 heterocycles. The summed E-state index contributed by atoms with van der Waals surface area (Å²) in [6.45, 7) is 10.6. The number of carbonyl (C=O) groups excluding carboxylic acids is 1. The Morgan fingerprint density at radius 1 is 1.25 bits per heavy atom. The number of nitrogens with one attached hydrogen (secondary N) is 1. The number of anilines is 1. The van der Waals surface area contributed by atoms with Gasteiger partial charge >= 0.3 is 0 Å². The van der Waals surface area contributed by atoms with Crippen molar-refractivity contribution in [3.63, 3.8) is 0 Å². The van der Waals surface area contributed by atoms with Crippen molar-refractivity contribution in [1.82, 2.24) is 9.78 Å². The van der Waals surface area contributed by atoms with Crippen LogP contribution < -0.4 is 5.32 Å². The first-order valence-corrected chi connectivity index (χ1v) is 6.87. The van der Waals surface area contributed by atoms with Crippen LogP contribution in [-0.4, -0.2) is 15.7 Å². The zero-order valence-electron chi connectivity index (χ0n) is 12.7. The van der Waals surface area contributed by atoms with E-state index < -0.39 is 0 Å². The molecule has 4 nitrogen and oxygen atoms in total. The molecule has 0 unspecified atom stereocenters. The van der Waals surface area contributed by atoms with Crippen LogP contribution in [0.4, 0.5) is 5.69 Å². The summed E-state index contributed by atoms with van der Waals surface area (Å²) >= 11 is 0. The van der Waals surface area contributed by atoms with Gasteiger partial charge in [0.25, 0.3) is 5.91 Å². The third-order valence-corrected chi connectivity index (χ3v) is 3.76. The maximum absolute atomic E-state index is 12.5. The highest BCUT2D eigenvalue weighted by Gasteiger charge is 2.18. The van der Waals surface area contributed by atoms with Gasteiger partial charge in [-0.2, -0.15) is 5.10 Å². The van der Waals surface area contributed by atoms with Crippen LogP contribution in [0.2, 0.25) is 0 Å². The second-order valence-electron chi connectivity index (χ2n) is 5.06. The highest BCUT2D eigenvalue weighted by atomic mass is 16.1. The van der Waals surface area contributed by atoms with E-state index in [-0.39, 0.29) is 5.91 Å². The Bertz CT molecular complexity index is 656. The molecule has 0 aliphatic carbocycles. The second kappa shape index (κ2) is 5.49. The second-order valence-corrected chi connectivity index (χ2v) is 5.06. The third-order valence-electron chi connectivity index (χ3n) is 3.76. The van der Waals surface area contributed by atoms with E-state index in [0.29, 0.717) is 5.56 Å². The smallest absolute Gasteiger partial charge is 0.259 e. The number of hydrogen-bond acceptors (Lipinski definition) is 2. The Labute approximate surface area is 119 Å².